The zero-order valence-corrected chi connectivity index (χ0v) is 22.3. The van der Waals surface area contributed by atoms with Crippen molar-refractivity contribution < 1.29 is 15.0 Å². The average molecular weight is 457 g/mol. The van der Waals surface area contributed by atoms with Crippen LogP contribution in [0.25, 0.3) is 0 Å². The van der Waals surface area contributed by atoms with Crippen molar-refractivity contribution in [2.45, 2.75) is 119 Å². The number of fused-ring (bicyclic) bond motifs is 7. The molecule has 0 aromatic heterocycles. The van der Waals surface area contributed by atoms with Crippen LogP contribution in [0.15, 0.2) is 11.6 Å². The quantitative estimate of drug-likeness (QED) is 0.409. The molecule has 0 aromatic carbocycles. The average Bonchev–Trinajstić information content (AvgIpc) is 2.71. The first kappa shape index (κ1) is 23.9. The predicted octanol–water partition coefficient (Wildman–Crippen LogP) is 7.23. The number of aliphatic hydroxyl groups is 1. The number of aliphatic hydroxyl groups excluding tert-OH is 1. The Balaban J connectivity index is 1.64. The van der Waals surface area contributed by atoms with Gasteiger partial charge in [0.25, 0.3) is 0 Å². The summed E-state index contributed by atoms with van der Waals surface area (Å²) in [6.07, 6.45) is 12.6. The van der Waals surface area contributed by atoms with E-state index in [4.69, 9.17) is 0 Å². The van der Waals surface area contributed by atoms with Crippen molar-refractivity contribution in [1.82, 2.24) is 0 Å². The van der Waals surface area contributed by atoms with Gasteiger partial charge in [-0.3, -0.25) is 4.79 Å². The summed E-state index contributed by atoms with van der Waals surface area (Å²) in [5, 5.41) is 22.0. The summed E-state index contributed by atoms with van der Waals surface area (Å²) >= 11 is 0. The lowest BCUT2D eigenvalue weighted by Gasteiger charge is -2.70. The molecule has 4 saturated carbocycles. The fourth-order valence-electron chi connectivity index (χ4n) is 10.6. The maximum absolute atomic E-state index is 13.5. The highest BCUT2D eigenvalue weighted by molar-refractivity contribution is 5.81. The maximum atomic E-state index is 13.5. The molecule has 5 rings (SSSR count). The normalized spacial score (nSPS) is 52.4. The van der Waals surface area contributed by atoms with E-state index in [0.717, 1.165) is 51.4 Å². The Kier molecular flexibility index (Phi) is 4.99. The summed E-state index contributed by atoms with van der Waals surface area (Å²) in [6, 6.07) is 0. The molecule has 2 N–H and O–H groups in total. The summed E-state index contributed by atoms with van der Waals surface area (Å²) in [5.41, 5.74) is 0.906. The molecule has 3 heteroatoms. The number of carboxylic acids is 1. The van der Waals surface area contributed by atoms with Crippen molar-refractivity contribution in [3.05, 3.63) is 11.6 Å². The largest absolute Gasteiger partial charge is 0.481 e. The molecule has 0 saturated heterocycles. The van der Waals surface area contributed by atoms with Gasteiger partial charge in [0, 0.05) is 0 Å². The molecule has 3 nitrogen and oxygen atoms in total. The molecule has 33 heavy (non-hydrogen) atoms. The number of carboxylic acid groups (broad SMARTS) is 1. The highest BCUT2D eigenvalue weighted by Crippen LogP contribution is 2.75. The van der Waals surface area contributed by atoms with Gasteiger partial charge in [0.15, 0.2) is 0 Å². The molecular weight excluding hydrogens is 408 g/mol. The summed E-state index contributed by atoms with van der Waals surface area (Å²) in [5.74, 6) is 0.675. The lowest BCUT2D eigenvalue weighted by molar-refractivity contribution is -0.213. The van der Waals surface area contributed by atoms with Crippen molar-refractivity contribution in [3.8, 4) is 0 Å². The fourth-order valence-corrected chi connectivity index (χ4v) is 10.6. The van der Waals surface area contributed by atoms with Gasteiger partial charge in [-0.15, -0.1) is 0 Å². The van der Waals surface area contributed by atoms with Crippen molar-refractivity contribution in [3.63, 3.8) is 0 Å². The minimum atomic E-state index is -0.721. The highest BCUT2D eigenvalue weighted by Gasteiger charge is 2.71. The maximum Gasteiger partial charge on any atom is 0.314 e. The molecule has 0 aliphatic heterocycles. The number of carbonyl (C=O) groups is 1. The van der Waals surface area contributed by atoms with Gasteiger partial charge in [0.1, 0.15) is 0 Å². The van der Waals surface area contributed by atoms with Crippen molar-refractivity contribution in [2.24, 2.45) is 50.2 Å². The Morgan fingerprint density at radius 3 is 2.21 bits per heavy atom. The van der Waals surface area contributed by atoms with Gasteiger partial charge >= 0.3 is 5.97 Å². The van der Waals surface area contributed by atoms with Crippen LogP contribution < -0.4 is 0 Å². The van der Waals surface area contributed by atoms with E-state index in [9.17, 15) is 15.0 Å². The second-order valence-corrected chi connectivity index (χ2v) is 15.1. The van der Waals surface area contributed by atoms with Gasteiger partial charge in [-0.1, -0.05) is 60.1 Å². The van der Waals surface area contributed by atoms with Crippen LogP contribution in [0.5, 0.6) is 0 Å². The fraction of sp³-hybridized carbons (Fsp3) is 0.900. The Morgan fingerprint density at radius 1 is 0.879 bits per heavy atom. The molecule has 0 radical (unpaired) electrons. The summed E-state index contributed by atoms with van der Waals surface area (Å²) in [4.78, 5) is 13.5. The monoisotopic (exact) mass is 456 g/mol. The van der Waals surface area contributed by atoms with Crippen LogP contribution in [0.2, 0.25) is 0 Å². The SMILES string of the molecule is CC1(C)CC[C@]2(C)CC[C@]3(C(=O)O)C(=CC[C@@H]4[C@@]5(C)CC[C@H](O)C(C)(C)[C@@H]5CC[C@]43C)[C@H]2C1. The van der Waals surface area contributed by atoms with Gasteiger partial charge in [-0.2, -0.15) is 0 Å². The van der Waals surface area contributed by atoms with E-state index in [1.165, 1.54) is 18.4 Å². The molecule has 0 heterocycles. The topological polar surface area (TPSA) is 57.5 Å². The summed E-state index contributed by atoms with van der Waals surface area (Å²) < 4.78 is 0. The van der Waals surface area contributed by atoms with E-state index in [1.807, 2.05) is 0 Å². The molecule has 0 bridgehead atoms. The van der Waals surface area contributed by atoms with Crippen LogP contribution in [-0.2, 0) is 4.79 Å². The first-order valence-electron chi connectivity index (χ1n) is 13.8. The summed E-state index contributed by atoms with van der Waals surface area (Å²) in [7, 11) is 0. The van der Waals surface area contributed by atoms with Crippen molar-refractivity contribution >= 4 is 5.97 Å². The molecule has 0 aromatic rings. The molecule has 5 aliphatic rings. The van der Waals surface area contributed by atoms with Crippen LogP contribution in [0.4, 0.5) is 0 Å². The Morgan fingerprint density at radius 2 is 1.55 bits per heavy atom. The number of hydrogen-bond donors (Lipinski definition) is 2. The first-order chi connectivity index (χ1) is 15.1. The predicted molar refractivity (Wildman–Crippen MR) is 133 cm³/mol. The molecule has 0 amide bonds. The number of aliphatic carboxylic acids is 1. The lowest BCUT2D eigenvalue weighted by atomic mass is 9.33. The second kappa shape index (κ2) is 6.89. The van der Waals surface area contributed by atoms with Gasteiger partial charge in [0.05, 0.1) is 11.5 Å². The Bertz CT molecular complexity index is 885. The number of hydrogen-bond acceptors (Lipinski definition) is 2. The van der Waals surface area contributed by atoms with Gasteiger partial charge in [0.2, 0.25) is 0 Å². The molecule has 186 valence electrons. The van der Waals surface area contributed by atoms with Crippen LogP contribution in [0.3, 0.4) is 0 Å². The smallest absolute Gasteiger partial charge is 0.314 e. The van der Waals surface area contributed by atoms with E-state index in [-0.39, 0.29) is 33.2 Å². The minimum Gasteiger partial charge on any atom is -0.481 e. The van der Waals surface area contributed by atoms with Gasteiger partial charge < -0.3 is 10.2 Å². The molecular formula is C30H48O3. The van der Waals surface area contributed by atoms with Crippen LogP contribution in [0.1, 0.15) is 113 Å². The zero-order chi connectivity index (χ0) is 24.2. The van der Waals surface area contributed by atoms with E-state index in [0.29, 0.717) is 17.8 Å². The van der Waals surface area contributed by atoms with E-state index in [1.54, 1.807) is 0 Å². The second-order valence-electron chi connectivity index (χ2n) is 15.1. The lowest BCUT2D eigenvalue weighted by Crippen LogP contribution is -2.66. The van der Waals surface area contributed by atoms with E-state index in [2.05, 4.69) is 54.5 Å². The summed E-state index contributed by atoms with van der Waals surface area (Å²) in [6.45, 7) is 16.6. The van der Waals surface area contributed by atoms with Gasteiger partial charge in [-0.05, 0) is 109 Å². The molecule has 4 fully saturated rings. The van der Waals surface area contributed by atoms with Gasteiger partial charge in [-0.25, -0.2) is 0 Å². The third kappa shape index (κ3) is 2.87. The van der Waals surface area contributed by atoms with Crippen LogP contribution in [0, 0.1) is 50.2 Å². The molecule has 0 spiro atoms. The van der Waals surface area contributed by atoms with Crippen molar-refractivity contribution in [2.75, 3.05) is 0 Å². The minimum absolute atomic E-state index is 0.0901. The highest BCUT2D eigenvalue weighted by atomic mass is 16.4. The van der Waals surface area contributed by atoms with Crippen molar-refractivity contribution in [1.29, 1.82) is 0 Å². The molecule has 0 unspecified atom stereocenters. The first-order valence-corrected chi connectivity index (χ1v) is 13.8. The third-order valence-electron chi connectivity index (χ3n) is 12.9. The van der Waals surface area contributed by atoms with Crippen LogP contribution >= 0.6 is 0 Å². The zero-order valence-electron chi connectivity index (χ0n) is 22.3. The number of rotatable bonds is 1. The standard InChI is InChI=1S/C30H48O3/c1-25(2)14-15-27(5)16-17-30(24(32)33)19(20(27)18-25)8-9-22-28(6)12-11-23(31)26(3,4)21(28)10-13-29(22,30)7/h8,20-23,31H,9-18H2,1-7H3,(H,32,33)/t20-,21+,22-,23+,27-,28+,29-,30-/m1/s1. The third-order valence-corrected chi connectivity index (χ3v) is 12.9. The molecule has 5 aliphatic carbocycles. The van der Waals surface area contributed by atoms with Crippen LogP contribution in [-0.4, -0.2) is 22.3 Å². The molecule has 8 atom stereocenters. The number of allylic oxidation sites excluding steroid dienone is 1. The Hall–Kier alpha value is -0.830. The Labute approximate surface area is 201 Å². The van der Waals surface area contributed by atoms with E-state index < -0.39 is 11.4 Å². The van der Waals surface area contributed by atoms with E-state index >= 15 is 0 Å².